The molecule has 0 N–H and O–H groups in total. The molecule has 0 aliphatic heterocycles. The minimum absolute atomic E-state index is 0.104. The molecular formula is C11H9F3N2O2. The first-order valence-corrected chi connectivity index (χ1v) is 5.05. The predicted molar refractivity (Wildman–Crippen MR) is 57.0 cm³/mol. The second-order valence-corrected chi connectivity index (χ2v) is 3.57. The molecule has 0 atom stereocenters. The molecule has 0 fully saturated rings. The zero-order valence-electron chi connectivity index (χ0n) is 9.36. The van der Waals surface area contributed by atoms with Crippen LogP contribution in [-0.4, -0.2) is 29.3 Å². The average molecular weight is 258 g/mol. The number of hydrogen-bond donors (Lipinski definition) is 0. The Balaban J connectivity index is 2.63. The van der Waals surface area contributed by atoms with E-state index in [1.165, 1.54) is 6.07 Å². The third-order valence-electron chi connectivity index (χ3n) is 2.40. The van der Waals surface area contributed by atoms with Crippen molar-refractivity contribution in [3.8, 4) is 0 Å². The third-order valence-corrected chi connectivity index (χ3v) is 2.40. The molecule has 0 amide bonds. The summed E-state index contributed by atoms with van der Waals surface area (Å²) >= 11 is 0. The van der Waals surface area contributed by atoms with Crippen molar-refractivity contribution in [1.29, 1.82) is 0 Å². The molecule has 4 nitrogen and oxygen atoms in total. The van der Waals surface area contributed by atoms with Crippen molar-refractivity contribution in [3.63, 3.8) is 0 Å². The lowest BCUT2D eigenvalue weighted by molar-refractivity contribution is 0.0592. The van der Waals surface area contributed by atoms with E-state index in [2.05, 4.69) is 9.84 Å². The van der Waals surface area contributed by atoms with Gasteiger partial charge in [-0.25, -0.2) is 18.0 Å². The fourth-order valence-corrected chi connectivity index (χ4v) is 1.66. The number of benzene rings is 1. The van der Waals surface area contributed by atoms with Gasteiger partial charge in [-0.3, -0.25) is 4.68 Å². The molecule has 0 aliphatic carbocycles. The van der Waals surface area contributed by atoms with E-state index >= 15 is 0 Å². The largest absolute Gasteiger partial charge is 0.464 e. The lowest BCUT2D eigenvalue weighted by Crippen LogP contribution is -2.10. The molecule has 18 heavy (non-hydrogen) atoms. The number of esters is 1. The van der Waals surface area contributed by atoms with Crippen LogP contribution in [0, 0.1) is 5.82 Å². The molecule has 0 bridgehead atoms. The van der Waals surface area contributed by atoms with Gasteiger partial charge in [0.25, 0.3) is 6.43 Å². The number of carbonyl (C=O) groups is 1. The summed E-state index contributed by atoms with van der Waals surface area (Å²) in [5.74, 6) is -1.34. The summed E-state index contributed by atoms with van der Waals surface area (Å²) in [6.45, 7) is -0.711. The predicted octanol–water partition coefficient (Wildman–Crippen LogP) is 2.23. The molecule has 0 saturated carbocycles. The van der Waals surface area contributed by atoms with Gasteiger partial charge in [0.1, 0.15) is 12.4 Å². The van der Waals surface area contributed by atoms with Crippen LogP contribution in [0.4, 0.5) is 13.2 Å². The van der Waals surface area contributed by atoms with Gasteiger partial charge in [-0.1, -0.05) is 0 Å². The summed E-state index contributed by atoms with van der Waals surface area (Å²) in [7, 11) is 1.16. The normalized spacial score (nSPS) is 11.2. The standard InChI is InChI=1S/C11H9F3N2O2/c1-18-11(17)10-7-3-2-6(12)4-8(7)16(15-10)5-9(13)14/h2-4,9H,5H2,1H3. The lowest BCUT2D eigenvalue weighted by atomic mass is 10.2. The molecular weight excluding hydrogens is 249 g/mol. The summed E-state index contributed by atoms with van der Waals surface area (Å²) in [6, 6.07) is 3.49. The maximum absolute atomic E-state index is 13.1. The third kappa shape index (κ3) is 2.15. The van der Waals surface area contributed by atoms with E-state index in [1.54, 1.807) is 0 Å². The van der Waals surface area contributed by atoms with Crippen LogP contribution >= 0.6 is 0 Å². The molecule has 96 valence electrons. The van der Waals surface area contributed by atoms with Crippen LogP contribution < -0.4 is 0 Å². The van der Waals surface area contributed by atoms with Crippen molar-refractivity contribution in [2.24, 2.45) is 0 Å². The summed E-state index contributed by atoms with van der Waals surface area (Å²) in [5, 5.41) is 4.02. The first-order chi connectivity index (χ1) is 8.52. The van der Waals surface area contributed by atoms with Gasteiger partial charge in [0.2, 0.25) is 0 Å². The molecule has 0 spiro atoms. The van der Waals surface area contributed by atoms with E-state index in [1.807, 2.05) is 0 Å². The van der Waals surface area contributed by atoms with Gasteiger partial charge >= 0.3 is 5.97 Å². The first kappa shape index (κ1) is 12.4. The highest BCUT2D eigenvalue weighted by atomic mass is 19.3. The van der Waals surface area contributed by atoms with Crippen LogP contribution in [0.15, 0.2) is 18.2 Å². The van der Waals surface area contributed by atoms with Crippen LogP contribution in [-0.2, 0) is 11.3 Å². The topological polar surface area (TPSA) is 44.1 Å². The molecule has 1 heterocycles. The molecule has 2 rings (SSSR count). The van der Waals surface area contributed by atoms with E-state index < -0.39 is 24.8 Å². The maximum Gasteiger partial charge on any atom is 0.359 e. The molecule has 0 radical (unpaired) electrons. The molecule has 1 aromatic carbocycles. The number of hydrogen-bond acceptors (Lipinski definition) is 3. The number of halogens is 3. The van der Waals surface area contributed by atoms with Crippen molar-refractivity contribution in [2.75, 3.05) is 7.11 Å². The number of carbonyl (C=O) groups excluding carboxylic acids is 1. The Morgan fingerprint density at radius 1 is 1.50 bits per heavy atom. The lowest BCUT2D eigenvalue weighted by Gasteiger charge is -2.01. The molecule has 7 heteroatoms. The van der Waals surface area contributed by atoms with Crippen LogP contribution in [0.2, 0.25) is 0 Å². The Labute approximate surface area is 100.0 Å². The molecule has 1 aromatic heterocycles. The molecule has 2 aromatic rings. The Kier molecular flexibility index (Phi) is 3.22. The minimum atomic E-state index is -2.65. The fourth-order valence-electron chi connectivity index (χ4n) is 1.66. The second-order valence-electron chi connectivity index (χ2n) is 3.57. The number of fused-ring (bicyclic) bond motifs is 1. The average Bonchev–Trinajstić information content (AvgIpc) is 2.66. The van der Waals surface area contributed by atoms with Gasteiger partial charge in [-0.05, 0) is 18.2 Å². The second kappa shape index (κ2) is 4.67. The van der Waals surface area contributed by atoms with Crippen LogP contribution in [0.25, 0.3) is 10.9 Å². The number of alkyl halides is 2. The Hall–Kier alpha value is -2.05. The van der Waals surface area contributed by atoms with E-state index in [4.69, 9.17) is 0 Å². The number of methoxy groups -OCH3 is 1. The van der Waals surface area contributed by atoms with Crippen molar-refractivity contribution in [3.05, 3.63) is 29.7 Å². The Bertz CT molecular complexity index is 595. The smallest absolute Gasteiger partial charge is 0.359 e. The van der Waals surface area contributed by atoms with Gasteiger partial charge < -0.3 is 4.74 Å². The Morgan fingerprint density at radius 3 is 2.83 bits per heavy atom. The molecule has 0 unspecified atom stereocenters. The van der Waals surface area contributed by atoms with E-state index in [-0.39, 0.29) is 16.6 Å². The number of nitrogens with zero attached hydrogens (tertiary/aromatic N) is 2. The van der Waals surface area contributed by atoms with Gasteiger partial charge in [-0.2, -0.15) is 5.10 Å². The minimum Gasteiger partial charge on any atom is -0.464 e. The monoisotopic (exact) mass is 258 g/mol. The molecule has 0 aliphatic rings. The van der Waals surface area contributed by atoms with Crippen molar-refractivity contribution in [2.45, 2.75) is 13.0 Å². The van der Waals surface area contributed by atoms with Gasteiger partial charge in [0, 0.05) is 5.39 Å². The summed E-state index contributed by atoms with van der Waals surface area (Å²) < 4.78 is 43.2. The highest BCUT2D eigenvalue weighted by molar-refractivity contribution is 6.02. The highest BCUT2D eigenvalue weighted by Gasteiger charge is 2.19. The summed E-state index contributed by atoms with van der Waals surface area (Å²) in [4.78, 5) is 11.4. The summed E-state index contributed by atoms with van der Waals surface area (Å²) in [5.41, 5.74) is 0.0313. The van der Waals surface area contributed by atoms with Gasteiger partial charge in [0.05, 0.1) is 12.6 Å². The fraction of sp³-hybridized carbons (Fsp3) is 0.273. The quantitative estimate of drug-likeness (QED) is 0.793. The zero-order chi connectivity index (χ0) is 13.3. The highest BCUT2D eigenvalue weighted by Crippen LogP contribution is 2.21. The van der Waals surface area contributed by atoms with Gasteiger partial charge in [-0.15, -0.1) is 0 Å². The SMILES string of the molecule is COC(=O)c1nn(CC(F)F)c2cc(F)ccc12. The first-order valence-electron chi connectivity index (χ1n) is 5.05. The van der Waals surface area contributed by atoms with E-state index in [0.717, 1.165) is 23.9 Å². The van der Waals surface area contributed by atoms with Crippen molar-refractivity contribution >= 4 is 16.9 Å². The van der Waals surface area contributed by atoms with Crippen LogP contribution in [0.3, 0.4) is 0 Å². The van der Waals surface area contributed by atoms with Crippen LogP contribution in [0.5, 0.6) is 0 Å². The van der Waals surface area contributed by atoms with Crippen molar-refractivity contribution < 1.29 is 22.7 Å². The number of rotatable bonds is 3. The van der Waals surface area contributed by atoms with Crippen LogP contribution in [0.1, 0.15) is 10.5 Å². The zero-order valence-corrected chi connectivity index (χ0v) is 9.36. The number of aromatic nitrogens is 2. The number of ether oxygens (including phenoxy) is 1. The van der Waals surface area contributed by atoms with E-state index in [0.29, 0.717) is 0 Å². The van der Waals surface area contributed by atoms with E-state index in [9.17, 15) is 18.0 Å². The van der Waals surface area contributed by atoms with Gasteiger partial charge in [0.15, 0.2) is 5.69 Å². The van der Waals surface area contributed by atoms with Crippen molar-refractivity contribution in [1.82, 2.24) is 9.78 Å². The Morgan fingerprint density at radius 2 is 2.22 bits per heavy atom. The molecule has 0 saturated heterocycles. The maximum atomic E-state index is 13.1. The summed E-state index contributed by atoms with van der Waals surface area (Å²) in [6.07, 6.45) is -2.65.